The summed E-state index contributed by atoms with van der Waals surface area (Å²) in [5.41, 5.74) is 0. The minimum Gasteiger partial charge on any atom is -0.472 e. The number of likely N-dealkylation sites (tertiary alicyclic amines) is 2. The van der Waals surface area contributed by atoms with Crippen molar-refractivity contribution in [3.05, 3.63) is 24.4 Å². The van der Waals surface area contributed by atoms with Crippen molar-refractivity contribution in [3.63, 3.8) is 0 Å². The zero-order valence-electron chi connectivity index (χ0n) is 13.2. The lowest BCUT2D eigenvalue weighted by Gasteiger charge is -2.31. The molecule has 2 saturated heterocycles. The van der Waals surface area contributed by atoms with Gasteiger partial charge in [-0.25, -0.2) is 4.98 Å². The normalized spacial score (nSPS) is 22.5. The Morgan fingerprint density at radius 3 is 3.00 bits per heavy atom. The second-order valence-corrected chi connectivity index (χ2v) is 5.81. The van der Waals surface area contributed by atoms with Crippen molar-refractivity contribution in [1.29, 1.82) is 0 Å². The highest BCUT2D eigenvalue weighted by Gasteiger charge is 2.26. The molecule has 1 aromatic rings. The van der Waals surface area contributed by atoms with Crippen molar-refractivity contribution in [1.82, 2.24) is 20.1 Å². The number of pyridine rings is 1. The Bertz CT molecular complexity index is 489. The first-order valence-electron chi connectivity index (χ1n) is 8.11. The van der Waals surface area contributed by atoms with Gasteiger partial charge in [-0.3, -0.25) is 4.99 Å². The summed E-state index contributed by atoms with van der Waals surface area (Å²) in [7, 11) is 1.85. The van der Waals surface area contributed by atoms with Gasteiger partial charge in [0.25, 0.3) is 0 Å². The smallest absolute Gasteiger partial charge is 0.213 e. The number of aliphatic imine (C=N–C) groups is 1. The van der Waals surface area contributed by atoms with E-state index in [-0.39, 0.29) is 6.10 Å². The summed E-state index contributed by atoms with van der Waals surface area (Å²) in [6.07, 6.45) is 4.29. The summed E-state index contributed by atoms with van der Waals surface area (Å²) in [6, 6.07) is 5.76. The van der Waals surface area contributed by atoms with Crippen LogP contribution in [0.25, 0.3) is 0 Å². The summed E-state index contributed by atoms with van der Waals surface area (Å²) >= 11 is 0. The van der Waals surface area contributed by atoms with Crippen LogP contribution in [0.4, 0.5) is 0 Å². The van der Waals surface area contributed by atoms with Crippen LogP contribution >= 0.6 is 0 Å². The summed E-state index contributed by atoms with van der Waals surface area (Å²) < 4.78 is 5.93. The molecular weight excluding hydrogens is 278 g/mol. The van der Waals surface area contributed by atoms with Crippen LogP contribution in [0.3, 0.4) is 0 Å². The molecular formula is C16H25N5O. The first-order valence-corrected chi connectivity index (χ1v) is 8.11. The minimum absolute atomic E-state index is 0.184. The zero-order chi connectivity index (χ0) is 15.2. The average Bonchev–Trinajstić information content (AvgIpc) is 2.95. The molecule has 0 aliphatic carbocycles. The molecule has 0 bridgehead atoms. The highest BCUT2D eigenvalue weighted by atomic mass is 16.5. The Morgan fingerprint density at radius 1 is 1.41 bits per heavy atom. The van der Waals surface area contributed by atoms with Crippen molar-refractivity contribution in [2.75, 3.05) is 46.3 Å². The number of nitrogens with zero attached hydrogens (tertiary/aromatic N) is 4. The number of hydrogen-bond acceptors (Lipinski definition) is 4. The van der Waals surface area contributed by atoms with Gasteiger partial charge in [0.2, 0.25) is 5.88 Å². The second-order valence-electron chi connectivity index (χ2n) is 5.81. The Kier molecular flexibility index (Phi) is 5.11. The van der Waals surface area contributed by atoms with Gasteiger partial charge < -0.3 is 19.9 Å². The Balaban J connectivity index is 1.43. The number of guanidine groups is 1. The van der Waals surface area contributed by atoms with Crippen LogP contribution in [0.2, 0.25) is 0 Å². The standard InChI is InChI=1S/C16H25N5O/c1-17-16(19-8-12-20-9-4-10-20)21-11-6-14(13-21)22-15-5-2-3-7-18-15/h2-3,5,7,14H,4,6,8-13H2,1H3,(H,17,19). The zero-order valence-corrected chi connectivity index (χ0v) is 13.2. The van der Waals surface area contributed by atoms with Crippen LogP contribution in [0.15, 0.2) is 29.4 Å². The van der Waals surface area contributed by atoms with Crippen molar-refractivity contribution in [3.8, 4) is 5.88 Å². The second kappa shape index (κ2) is 7.45. The third-order valence-electron chi connectivity index (χ3n) is 4.24. The number of ether oxygens (including phenoxy) is 1. The van der Waals surface area contributed by atoms with Crippen molar-refractivity contribution < 1.29 is 4.74 Å². The molecule has 0 saturated carbocycles. The van der Waals surface area contributed by atoms with Crippen LogP contribution < -0.4 is 10.1 Å². The van der Waals surface area contributed by atoms with Gasteiger partial charge in [0.1, 0.15) is 6.10 Å². The van der Waals surface area contributed by atoms with Crippen LogP contribution in [-0.2, 0) is 0 Å². The molecule has 3 rings (SSSR count). The van der Waals surface area contributed by atoms with E-state index >= 15 is 0 Å². The fraction of sp³-hybridized carbons (Fsp3) is 0.625. The van der Waals surface area contributed by atoms with Crippen LogP contribution in [-0.4, -0.2) is 73.2 Å². The molecule has 0 radical (unpaired) electrons. The van der Waals surface area contributed by atoms with Gasteiger partial charge in [0, 0.05) is 45.4 Å². The van der Waals surface area contributed by atoms with Gasteiger partial charge in [-0.1, -0.05) is 6.07 Å². The molecule has 3 heterocycles. The van der Waals surface area contributed by atoms with Crippen molar-refractivity contribution in [2.45, 2.75) is 18.9 Å². The maximum absolute atomic E-state index is 5.93. The van der Waals surface area contributed by atoms with E-state index in [9.17, 15) is 0 Å². The predicted molar refractivity (Wildman–Crippen MR) is 87.3 cm³/mol. The number of rotatable bonds is 5. The fourth-order valence-electron chi connectivity index (χ4n) is 2.87. The minimum atomic E-state index is 0.184. The maximum atomic E-state index is 5.93. The number of aromatic nitrogens is 1. The van der Waals surface area contributed by atoms with E-state index in [1.807, 2.05) is 25.2 Å². The van der Waals surface area contributed by atoms with E-state index in [1.165, 1.54) is 19.5 Å². The third kappa shape index (κ3) is 3.88. The molecule has 2 aliphatic heterocycles. The molecule has 2 fully saturated rings. The lowest BCUT2D eigenvalue weighted by atomic mass is 10.2. The lowest BCUT2D eigenvalue weighted by Crippen LogP contribution is -2.46. The van der Waals surface area contributed by atoms with E-state index in [2.05, 4.69) is 25.1 Å². The summed E-state index contributed by atoms with van der Waals surface area (Å²) in [5.74, 6) is 1.68. The summed E-state index contributed by atoms with van der Waals surface area (Å²) in [4.78, 5) is 13.3. The number of hydrogen-bond donors (Lipinski definition) is 1. The van der Waals surface area contributed by atoms with Gasteiger partial charge in [-0.05, 0) is 25.6 Å². The molecule has 1 N–H and O–H groups in total. The monoisotopic (exact) mass is 303 g/mol. The molecule has 6 heteroatoms. The van der Waals surface area contributed by atoms with Crippen LogP contribution in [0.1, 0.15) is 12.8 Å². The van der Waals surface area contributed by atoms with Crippen LogP contribution in [0, 0.1) is 0 Å². The molecule has 0 spiro atoms. The molecule has 22 heavy (non-hydrogen) atoms. The SMILES string of the molecule is CN=C(NCCN1CCC1)N1CCC(Oc2ccccn2)C1. The average molecular weight is 303 g/mol. The Labute approximate surface area is 132 Å². The molecule has 120 valence electrons. The fourth-order valence-corrected chi connectivity index (χ4v) is 2.87. The molecule has 1 unspecified atom stereocenters. The van der Waals surface area contributed by atoms with E-state index in [0.29, 0.717) is 5.88 Å². The highest BCUT2D eigenvalue weighted by Crippen LogP contribution is 2.16. The number of nitrogens with one attached hydrogen (secondary N) is 1. The Morgan fingerprint density at radius 2 is 2.32 bits per heavy atom. The molecule has 0 aromatic carbocycles. The van der Waals surface area contributed by atoms with Crippen molar-refractivity contribution in [2.24, 2.45) is 4.99 Å². The quantitative estimate of drug-likeness (QED) is 0.644. The van der Waals surface area contributed by atoms with Crippen molar-refractivity contribution >= 4 is 5.96 Å². The van der Waals surface area contributed by atoms with Gasteiger partial charge in [-0.15, -0.1) is 0 Å². The molecule has 1 aromatic heterocycles. The van der Waals surface area contributed by atoms with Gasteiger partial charge >= 0.3 is 0 Å². The summed E-state index contributed by atoms with van der Waals surface area (Å²) in [5, 5.41) is 3.46. The first kappa shape index (κ1) is 15.1. The predicted octanol–water partition coefficient (Wildman–Crippen LogP) is 0.816. The highest BCUT2D eigenvalue weighted by molar-refractivity contribution is 5.80. The van der Waals surface area contributed by atoms with Crippen LogP contribution in [0.5, 0.6) is 5.88 Å². The molecule has 1 atom stereocenters. The van der Waals surface area contributed by atoms with Gasteiger partial charge in [0.05, 0.1) is 6.54 Å². The molecule has 0 amide bonds. The van der Waals surface area contributed by atoms with E-state index in [0.717, 1.165) is 38.6 Å². The lowest BCUT2D eigenvalue weighted by molar-refractivity contribution is 0.184. The first-order chi connectivity index (χ1) is 10.8. The van der Waals surface area contributed by atoms with E-state index in [4.69, 9.17) is 4.74 Å². The third-order valence-corrected chi connectivity index (χ3v) is 4.24. The summed E-state index contributed by atoms with van der Waals surface area (Å²) in [6.45, 7) is 6.37. The molecule has 2 aliphatic rings. The van der Waals surface area contributed by atoms with Gasteiger partial charge in [0.15, 0.2) is 5.96 Å². The topological polar surface area (TPSA) is 53.0 Å². The van der Waals surface area contributed by atoms with E-state index < -0.39 is 0 Å². The maximum Gasteiger partial charge on any atom is 0.213 e. The van der Waals surface area contributed by atoms with Gasteiger partial charge in [-0.2, -0.15) is 0 Å². The Hall–Kier alpha value is -1.82. The van der Waals surface area contributed by atoms with E-state index in [1.54, 1.807) is 6.20 Å². The largest absolute Gasteiger partial charge is 0.472 e. The molecule has 6 nitrogen and oxygen atoms in total.